The Bertz CT molecular complexity index is 662. The fourth-order valence-electron chi connectivity index (χ4n) is 1.55. The molecule has 0 spiro atoms. The Morgan fingerprint density at radius 3 is 2.80 bits per heavy atom. The van der Waals surface area contributed by atoms with Crippen LogP contribution < -0.4 is 11.1 Å². The van der Waals surface area contributed by atoms with E-state index in [2.05, 4.69) is 46.9 Å². The van der Waals surface area contributed by atoms with Crippen LogP contribution in [0.2, 0.25) is 0 Å². The summed E-state index contributed by atoms with van der Waals surface area (Å²) < 4.78 is 6.47. The van der Waals surface area contributed by atoms with Gasteiger partial charge in [-0.25, -0.2) is 9.78 Å². The van der Waals surface area contributed by atoms with Crippen LogP contribution >= 0.6 is 31.9 Å². The zero-order chi connectivity index (χ0) is 14.7. The fraction of sp³-hybridized carbons (Fsp3) is 0.0769. The summed E-state index contributed by atoms with van der Waals surface area (Å²) in [5, 5.41) is 3.11. The molecule has 1 aromatic heterocycles. The molecule has 0 saturated carbocycles. The van der Waals surface area contributed by atoms with E-state index in [0.717, 1.165) is 14.6 Å². The molecule has 1 heterocycles. The van der Waals surface area contributed by atoms with Gasteiger partial charge in [-0.3, -0.25) is 0 Å². The predicted octanol–water partition coefficient (Wildman–Crippen LogP) is 3.72. The first-order valence-corrected chi connectivity index (χ1v) is 7.15. The highest BCUT2D eigenvalue weighted by atomic mass is 79.9. The number of methoxy groups -OCH3 is 1. The average molecular weight is 401 g/mol. The third-order valence-corrected chi connectivity index (χ3v) is 3.72. The van der Waals surface area contributed by atoms with Gasteiger partial charge in [0.15, 0.2) is 0 Å². The predicted molar refractivity (Wildman–Crippen MR) is 85.1 cm³/mol. The monoisotopic (exact) mass is 399 g/mol. The molecule has 0 aliphatic carbocycles. The van der Waals surface area contributed by atoms with Crippen LogP contribution in [-0.2, 0) is 4.74 Å². The highest BCUT2D eigenvalue weighted by Gasteiger charge is 2.12. The van der Waals surface area contributed by atoms with E-state index in [4.69, 9.17) is 5.73 Å². The SMILES string of the molecule is COC(=O)c1cc(Nc2cc(Br)ccc2Br)ncc1N. The Kier molecular flexibility index (Phi) is 4.61. The number of nitrogens with zero attached hydrogens (tertiary/aromatic N) is 1. The number of halogens is 2. The van der Waals surface area contributed by atoms with Gasteiger partial charge in [-0.1, -0.05) is 15.9 Å². The van der Waals surface area contributed by atoms with Gasteiger partial charge in [-0.2, -0.15) is 0 Å². The zero-order valence-corrected chi connectivity index (χ0v) is 13.7. The van der Waals surface area contributed by atoms with Crippen molar-refractivity contribution in [3.05, 3.63) is 45.0 Å². The molecular formula is C13H11Br2N3O2. The lowest BCUT2D eigenvalue weighted by atomic mass is 10.2. The molecule has 3 N–H and O–H groups in total. The Labute approximate surface area is 132 Å². The molecule has 0 atom stereocenters. The van der Waals surface area contributed by atoms with Crippen LogP contribution in [0.15, 0.2) is 39.4 Å². The van der Waals surface area contributed by atoms with E-state index in [1.165, 1.54) is 13.3 Å². The van der Waals surface area contributed by atoms with Crippen molar-refractivity contribution in [2.24, 2.45) is 0 Å². The number of aromatic nitrogens is 1. The minimum atomic E-state index is -0.499. The van der Waals surface area contributed by atoms with E-state index >= 15 is 0 Å². The first kappa shape index (κ1) is 14.8. The summed E-state index contributed by atoms with van der Waals surface area (Å²) in [6.07, 6.45) is 1.42. The molecule has 2 aromatic rings. The second-order valence-electron chi connectivity index (χ2n) is 3.90. The van der Waals surface area contributed by atoms with Crippen molar-refractivity contribution in [3.63, 3.8) is 0 Å². The number of nitrogens with one attached hydrogen (secondary N) is 1. The van der Waals surface area contributed by atoms with Crippen LogP contribution in [0.4, 0.5) is 17.2 Å². The second kappa shape index (κ2) is 6.23. The number of hydrogen-bond acceptors (Lipinski definition) is 5. The van der Waals surface area contributed by atoms with Crippen LogP contribution in [0.25, 0.3) is 0 Å². The lowest BCUT2D eigenvalue weighted by Crippen LogP contribution is -2.07. The number of carbonyl (C=O) groups is 1. The van der Waals surface area contributed by atoms with Crippen LogP contribution in [0.1, 0.15) is 10.4 Å². The van der Waals surface area contributed by atoms with Crippen molar-refractivity contribution in [2.45, 2.75) is 0 Å². The largest absolute Gasteiger partial charge is 0.465 e. The van der Waals surface area contributed by atoms with Crippen molar-refractivity contribution < 1.29 is 9.53 Å². The number of esters is 1. The molecular weight excluding hydrogens is 390 g/mol. The molecule has 0 radical (unpaired) electrons. The summed E-state index contributed by atoms with van der Waals surface area (Å²) in [6, 6.07) is 7.24. The van der Waals surface area contributed by atoms with E-state index in [-0.39, 0.29) is 11.3 Å². The molecule has 2 rings (SSSR count). The molecule has 104 valence electrons. The molecule has 0 saturated heterocycles. The molecule has 0 fully saturated rings. The zero-order valence-electron chi connectivity index (χ0n) is 10.5. The molecule has 5 nitrogen and oxygen atoms in total. The van der Waals surface area contributed by atoms with Crippen LogP contribution in [0, 0.1) is 0 Å². The van der Waals surface area contributed by atoms with Crippen molar-refractivity contribution >= 4 is 55.0 Å². The summed E-state index contributed by atoms with van der Waals surface area (Å²) in [6.45, 7) is 0. The van der Waals surface area contributed by atoms with Gasteiger partial charge in [0.2, 0.25) is 0 Å². The van der Waals surface area contributed by atoms with Gasteiger partial charge in [0.1, 0.15) is 5.82 Å². The normalized spacial score (nSPS) is 10.2. The number of nitrogen functional groups attached to an aromatic ring is 1. The van der Waals surface area contributed by atoms with Gasteiger partial charge in [-0.15, -0.1) is 0 Å². The summed E-state index contributed by atoms with van der Waals surface area (Å²) >= 11 is 6.83. The van der Waals surface area contributed by atoms with Crippen molar-refractivity contribution in [1.29, 1.82) is 0 Å². The number of pyridine rings is 1. The topological polar surface area (TPSA) is 77.2 Å². The Balaban J connectivity index is 2.34. The maximum absolute atomic E-state index is 11.6. The highest BCUT2D eigenvalue weighted by molar-refractivity contribution is 9.11. The molecule has 0 unspecified atom stereocenters. The molecule has 0 aliphatic rings. The third-order valence-electron chi connectivity index (χ3n) is 2.53. The first-order chi connectivity index (χ1) is 9.51. The highest BCUT2D eigenvalue weighted by Crippen LogP contribution is 2.29. The number of carbonyl (C=O) groups excluding carboxylic acids is 1. The van der Waals surface area contributed by atoms with Gasteiger partial charge < -0.3 is 15.8 Å². The van der Waals surface area contributed by atoms with Gasteiger partial charge >= 0.3 is 5.97 Å². The van der Waals surface area contributed by atoms with Gasteiger partial charge in [0.05, 0.1) is 30.2 Å². The molecule has 0 bridgehead atoms. The van der Waals surface area contributed by atoms with Crippen molar-refractivity contribution in [1.82, 2.24) is 4.98 Å². The smallest absolute Gasteiger partial charge is 0.340 e. The van der Waals surface area contributed by atoms with Gasteiger partial charge in [-0.05, 0) is 40.2 Å². The van der Waals surface area contributed by atoms with E-state index in [1.807, 2.05) is 18.2 Å². The van der Waals surface area contributed by atoms with E-state index in [9.17, 15) is 4.79 Å². The van der Waals surface area contributed by atoms with E-state index in [0.29, 0.717) is 5.82 Å². The average Bonchev–Trinajstić information content (AvgIpc) is 2.44. The molecule has 20 heavy (non-hydrogen) atoms. The lowest BCUT2D eigenvalue weighted by molar-refractivity contribution is 0.0602. The lowest BCUT2D eigenvalue weighted by Gasteiger charge is -2.10. The van der Waals surface area contributed by atoms with Crippen LogP contribution in [-0.4, -0.2) is 18.1 Å². The minimum absolute atomic E-state index is 0.274. The molecule has 1 aromatic carbocycles. The molecule has 0 aliphatic heterocycles. The standard InChI is InChI=1S/C13H11Br2N3O2/c1-20-13(19)8-5-12(17-6-10(8)16)18-11-4-7(14)2-3-9(11)15/h2-6H,16H2,1H3,(H,17,18). The number of anilines is 3. The fourth-order valence-corrected chi connectivity index (χ4v) is 2.26. The Morgan fingerprint density at radius 1 is 1.35 bits per heavy atom. The van der Waals surface area contributed by atoms with E-state index < -0.39 is 5.97 Å². The Hall–Kier alpha value is -1.60. The van der Waals surface area contributed by atoms with Crippen LogP contribution in [0.3, 0.4) is 0 Å². The number of rotatable bonds is 3. The van der Waals surface area contributed by atoms with Gasteiger partial charge in [0, 0.05) is 8.95 Å². The minimum Gasteiger partial charge on any atom is -0.465 e. The molecule has 7 heteroatoms. The van der Waals surface area contributed by atoms with Crippen molar-refractivity contribution in [3.8, 4) is 0 Å². The summed E-state index contributed by atoms with van der Waals surface area (Å²) in [5.74, 6) is -0.000317. The van der Waals surface area contributed by atoms with E-state index in [1.54, 1.807) is 6.07 Å². The maximum Gasteiger partial charge on any atom is 0.340 e. The Morgan fingerprint density at radius 2 is 2.10 bits per heavy atom. The summed E-state index contributed by atoms with van der Waals surface area (Å²) in [5.41, 5.74) is 7.07. The third kappa shape index (κ3) is 3.29. The second-order valence-corrected chi connectivity index (χ2v) is 5.67. The molecule has 0 amide bonds. The summed E-state index contributed by atoms with van der Waals surface area (Å²) in [4.78, 5) is 15.7. The summed E-state index contributed by atoms with van der Waals surface area (Å²) in [7, 11) is 1.31. The number of benzene rings is 1. The number of hydrogen-bond donors (Lipinski definition) is 2. The van der Waals surface area contributed by atoms with Crippen molar-refractivity contribution in [2.75, 3.05) is 18.2 Å². The van der Waals surface area contributed by atoms with Crippen LogP contribution in [0.5, 0.6) is 0 Å². The number of ether oxygens (including phenoxy) is 1. The quantitative estimate of drug-likeness (QED) is 0.767. The van der Waals surface area contributed by atoms with Gasteiger partial charge in [0.25, 0.3) is 0 Å². The number of nitrogens with two attached hydrogens (primary N) is 1. The maximum atomic E-state index is 11.6. The first-order valence-electron chi connectivity index (χ1n) is 5.57.